The number of nitrogens with zero attached hydrogens (tertiary/aromatic N) is 4. The molecule has 2 aromatic heterocycles. The molecule has 3 aromatic rings. The molecule has 1 amide bonds. The molecule has 0 radical (unpaired) electrons. The molecule has 1 saturated carbocycles. The summed E-state index contributed by atoms with van der Waals surface area (Å²) in [6.45, 7) is 2.57. The van der Waals surface area contributed by atoms with E-state index in [-0.39, 0.29) is 5.91 Å². The molecule has 4 rings (SSSR count). The largest absolute Gasteiger partial charge is 0.325 e. The summed E-state index contributed by atoms with van der Waals surface area (Å²) in [5, 5.41) is 12.1. The van der Waals surface area contributed by atoms with Crippen LogP contribution in [0.4, 0.5) is 10.1 Å². The summed E-state index contributed by atoms with van der Waals surface area (Å²) in [6, 6.07) is 10.8. The minimum Gasteiger partial charge on any atom is -0.325 e. The minimum absolute atomic E-state index is 0.0293. The third kappa shape index (κ3) is 3.57. The Kier molecular flexibility index (Phi) is 4.65. The normalized spacial score (nSPS) is 14.7. The molecule has 1 N–H and O–H groups in total. The van der Waals surface area contributed by atoms with E-state index in [2.05, 4.69) is 20.5 Å². The fourth-order valence-corrected chi connectivity index (χ4v) is 4.03. The highest BCUT2D eigenvalue weighted by Crippen LogP contribution is 2.52. The van der Waals surface area contributed by atoms with Gasteiger partial charge in [-0.3, -0.25) is 9.78 Å². The van der Waals surface area contributed by atoms with Crippen LogP contribution < -0.4 is 5.32 Å². The Morgan fingerprint density at radius 2 is 2.04 bits per heavy atom. The van der Waals surface area contributed by atoms with E-state index in [1.54, 1.807) is 6.20 Å². The maximum atomic E-state index is 13.5. The van der Waals surface area contributed by atoms with Gasteiger partial charge in [0.25, 0.3) is 0 Å². The van der Waals surface area contributed by atoms with Crippen LogP contribution in [0.1, 0.15) is 19.8 Å². The van der Waals surface area contributed by atoms with E-state index in [0.717, 1.165) is 24.7 Å². The first-order valence-electron chi connectivity index (χ1n) is 8.71. The van der Waals surface area contributed by atoms with Crippen molar-refractivity contribution in [1.82, 2.24) is 19.7 Å². The van der Waals surface area contributed by atoms with Crippen molar-refractivity contribution >= 4 is 23.4 Å². The van der Waals surface area contributed by atoms with E-state index in [9.17, 15) is 9.18 Å². The van der Waals surface area contributed by atoms with Crippen LogP contribution in [0.5, 0.6) is 0 Å². The Bertz CT molecular complexity index is 971. The van der Waals surface area contributed by atoms with Crippen molar-refractivity contribution in [1.29, 1.82) is 0 Å². The first-order chi connectivity index (χ1) is 13.1. The Morgan fingerprint density at radius 1 is 1.26 bits per heavy atom. The number of carbonyl (C=O) groups excluding carboxylic acids is 1. The standard InChI is InChI=1S/C19H18FN5OS/c1-2-25-16(13-10-14(20)12-21-11-13)23-24-18(25)27-19(8-9-19)17(26)22-15-6-4-3-5-7-15/h3-7,10-12H,2,8-9H2,1H3,(H,22,26). The van der Waals surface area contributed by atoms with Gasteiger partial charge in [-0.25, -0.2) is 4.39 Å². The van der Waals surface area contributed by atoms with Gasteiger partial charge in [-0.2, -0.15) is 0 Å². The van der Waals surface area contributed by atoms with Crippen LogP contribution in [0, 0.1) is 5.82 Å². The molecule has 1 aliphatic carbocycles. The van der Waals surface area contributed by atoms with E-state index in [4.69, 9.17) is 0 Å². The molecule has 138 valence electrons. The number of nitrogens with one attached hydrogen (secondary N) is 1. The number of carbonyl (C=O) groups is 1. The summed E-state index contributed by atoms with van der Waals surface area (Å²) in [5.74, 6) is 0.0952. The van der Waals surface area contributed by atoms with Gasteiger partial charge in [0.1, 0.15) is 10.6 Å². The van der Waals surface area contributed by atoms with Crippen molar-refractivity contribution in [2.24, 2.45) is 0 Å². The number of aromatic nitrogens is 4. The van der Waals surface area contributed by atoms with Gasteiger partial charge in [0.2, 0.25) is 5.91 Å². The van der Waals surface area contributed by atoms with Gasteiger partial charge in [0, 0.05) is 24.0 Å². The molecule has 27 heavy (non-hydrogen) atoms. The minimum atomic E-state index is -0.534. The third-order valence-electron chi connectivity index (χ3n) is 4.43. The van der Waals surface area contributed by atoms with Gasteiger partial charge < -0.3 is 9.88 Å². The molecule has 1 aliphatic rings. The van der Waals surface area contributed by atoms with Gasteiger partial charge in [0.05, 0.1) is 6.20 Å². The second kappa shape index (κ2) is 7.11. The Balaban J connectivity index is 1.57. The number of thioether (sulfide) groups is 1. The second-order valence-electron chi connectivity index (χ2n) is 6.36. The van der Waals surface area contributed by atoms with E-state index in [1.165, 1.54) is 17.8 Å². The summed E-state index contributed by atoms with van der Waals surface area (Å²) < 4.78 is 14.9. The SMILES string of the molecule is CCn1c(SC2(C(=O)Nc3ccccc3)CC2)nnc1-c1cncc(F)c1. The van der Waals surface area contributed by atoms with Crippen molar-refractivity contribution in [3.63, 3.8) is 0 Å². The molecule has 0 unspecified atom stereocenters. The van der Waals surface area contributed by atoms with Crippen LogP contribution in [0.25, 0.3) is 11.4 Å². The number of benzene rings is 1. The van der Waals surface area contributed by atoms with Crippen LogP contribution in [-0.2, 0) is 11.3 Å². The number of anilines is 1. The van der Waals surface area contributed by atoms with Crippen molar-refractivity contribution < 1.29 is 9.18 Å². The van der Waals surface area contributed by atoms with Gasteiger partial charge in [-0.15, -0.1) is 10.2 Å². The molecule has 2 heterocycles. The lowest BCUT2D eigenvalue weighted by atomic mass is 10.2. The molecule has 0 atom stereocenters. The summed E-state index contributed by atoms with van der Waals surface area (Å²) in [5.41, 5.74) is 1.34. The topological polar surface area (TPSA) is 72.7 Å². The quantitative estimate of drug-likeness (QED) is 0.702. The summed E-state index contributed by atoms with van der Waals surface area (Å²) in [7, 11) is 0. The third-order valence-corrected chi connectivity index (χ3v) is 5.90. The summed E-state index contributed by atoms with van der Waals surface area (Å²) >= 11 is 1.42. The van der Waals surface area contributed by atoms with E-state index in [0.29, 0.717) is 23.1 Å². The van der Waals surface area contributed by atoms with Crippen molar-refractivity contribution in [2.75, 3.05) is 5.32 Å². The molecule has 1 fully saturated rings. The smallest absolute Gasteiger partial charge is 0.241 e. The lowest BCUT2D eigenvalue weighted by Crippen LogP contribution is -2.27. The molecule has 0 aliphatic heterocycles. The van der Waals surface area contributed by atoms with Crippen molar-refractivity contribution in [3.8, 4) is 11.4 Å². The van der Waals surface area contributed by atoms with Gasteiger partial charge >= 0.3 is 0 Å². The van der Waals surface area contributed by atoms with E-state index >= 15 is 0 Å². The first kappa shape index (κ1) is 17.7. The monoisotopic (exact) mass is 383 g/mol. The zero-order chi connectivity index (χ0) is 18.9. The zero-order valence-electron chi connectivity index (χ0n) is 14.7. The van der Waals surface area contributed by atoms with Gasteiger partial charge in [0.15, 0.2) is 11.0 Å². The number of para-hydroxylation sites is 1. The molecule has 0 saturated heterocycles. The number of pyridine rings is 1. The van der Waals surface area contributed by atoms with Crippen molar-refractivity contribution in [3.05, 3.63) is 54.6 Å². The Hall–Kier alpha value is -2.74. The number of amides is 1. The molecule has 6 nitrogen and oxygen atoms in total. The predicted octanol–water partition coefficient (Wildman–Crippen LogP) is 3.76. The van der Waals surface area contributed by atoms with Crippen LogP contribution in [0.15, 0.2) is 53.9 Å². The molecular weight excluding hydrogens is 365 g/mol. The Labute approximate surface area is 160 Å². The van der Waals surface area contributed by atoms with Gasteiger partial charge in [-0.05, 0) is 38.0 Å². The lowest BCUT2D eigenvalue weighted by molar-refractivity contribution is -0.116. The zero-order valence-corrected chi connectivity index (χ0v) is 15.5. The first-order valence-corrected chi connectivity index (χ1v) is 9.52. The van der Waals surface area contributed by atoms with Crippen molar-refractivity contribution in [2.45, 2.75) is 36.2 Å². The highest BCUT2D eigenvalue weighted by Gasteiger charge is 2.52. The molecular formula is C19H18FN5OS. The van der Waals surface area contributed by atoms with E-state index in [1.807, 2.05) is 41.8 Å². The van der Waals surface area contributed by atoms with Gasteiger partial charge in [-0.1, -0.05) is 30.0 Å². The molecule has 1 aromatic carbocycles. The summed E-state index contributed by atoms with van der Waals surface area (Å²) in [6.07, 6.45) is 4.27. The van der Waals surface area contributed by atoms with Crippen LogP contribution in [0.2, 0.25) is 0 Å². The van der Waals surface area contributed by atoms with Crippen LogP contribution in [-0.4, -0.2) is 30.4 Å². The maximum absolute atomic E-state index is 13.5. The molecule has 8 heteroatoms. The number of hydrogen-bond acceptors (Lipinski definition) is 5. The number of halogens is 1. The molecule has 0 bridgehead atoms. The Morgan fingerprint density at radius 3 is 2.70 bits per heavy atom. The van der Waals surface area contributed by atoms with Crippen LogP contribution >= 0.6 is 11.8 Å². The average Bonchev–Trinajstić information content (AvgIpc) is 3.35. The van der Waals surface area contributed by atoms with E-state index < -0.39 is 10.6 Å². The number of hydrogen-bond donors (Lipinski definition) is 1. The fraction of sp³-hybridized carbons (Fsp3) is 0.263. The number of rotatable bonds is 6. The van der Waals surface area contributed by atoms with Crippen LogP contribution in [0.3, 0.4) is 0 Å². The second-order valence-corrected chi connectivity index (χ2v) is 7.71. The lowest BCUT2D eigenvalue weighted by Gasteiger charge is -2.15. The average molecular weight is 383 g/mol. The molecule has 0 spiro atoms. The predicted molar refractivity (Wildman–Crippen MR) is 102 cm³/mol. The summed E-state index contributed by atoms with van der Waals surface area (Å²) in [4.78, 5) is 16.7. The fourth-order valence-electron chi connectivity index (χ4n) is 2.83. The highest BCUT2D eigenvalue weighted by molar-refractivity contribution is 8.01. The highest BCUT2D eigenvalue weighted by atomic mass is 32.2. The maximum Gasteiger partial charge on any atom is 0.241 e.